The molecule has 0 aromatic carbocycles. The van der Waals surface area contributed by atoms with Gasteiger partial charge in [-0.15, -0.1) is 0 Å². The van der Waals surface area contributed by atoms with Gasteiger partial charge in [0, 0.05) is 32.5 Å². The van der Waals surface area contributed by atoms with Crippen LogP contribution in [-0.2, 0) is 7.05 Å². The van der Waals surface area contributed by atoms with Crippen molar-refractivity contribution in [1.82, 2.24) is 14.5 Å². The van der Waals surface area contributed by atoms with E-state index in [1.807, 2.05) is 17.8 Å². The minimum atomic E-state index is -1.12. The number of amides is 1. The van der Waals surface area contributed by atoms with Crippen LogP contribution < -0.4 is 0 Å². The summed E-state index contributed by atoms with van der Waals surface area (Å²) in [5.74, 6) is 6.50. The summed E-state index contributed by atoms with van der Waals surface area (Å²) < 4.78 is 7.33. The zero-order chi connectivity index (χ0) is 19.6. The normalized spacial score (nSPS) is 16.7. The van der Waals surface area contributed by atoms with Crippen molar-refractivity contribution >= 4 is 5.91 Å². The molecule has 2 aromatic rings. The van der Waals surface area contributed by atoms with Crippen molar-refractivity contribution in [2.75, 3.05) is 13.1 Å². The van der Waals surface area contributed by atoms with Gasteiger partial charge in [-0.3, -0.25) is 4.79 Å². The molecule has 144 valence electrons. The van der Waals surface area contributed by atoms with Gasteiger partial charge in [0.15, 0.2) is 11.5 Å². The third-order valence-corrected chi connectivity index (χ3v) is 4.70. The van der Waals surface area contributed by atoms with E-state index in [4.69, 9.17) is 4.42 Å². The Labute approximate surface area is 158 Å². The second-order valence-corrected chi connectivity index (χ2v) is 7.44. The maximum absolute atomic E-state index is 12.6. The quantitative estimate of drug-likeness (QED) is 0.802. The topological polar surface area (TPSA) is 91.7 Å². The fourth-order valence-electron chi connectivity index (χ4n) is 3.18. The van der Waals surface area contributed by atoms with Crippen LogP contribution in [0.4, 0.5) is 0 Å². The molecule has 27 heavy (non-hydrogen) atoms. The van der Waals surface area contributed by atoms with Crippen LogP contribution in [-0.4, -0.2) is 49.3 Å². The molecular weight excluding hydrogens is 346 g/mol. The molecule has 1 saturated heterocycles. The maximum atomic E-state index is 12.6. The predicted molar refractivity (Wildman–Crippen MR) is 98.7 cm³/mol. The number of likely N-dealkylation sites (tertiary alicyclic amines) is 1. The van der Waals surface area contributed by atoms with E-state index < -0.39 is 11.7 Å². The third-order valence-electron chi connectivity index (χ3n) is 4.70. The smallest absolute Gasteiger partial charge is 0.289 e. The Kier molecular flexibility index (Phi) is 5.40. The summed E-state index contributed by atoms with van der Waals surface area (Å²) in [4.78, 5) is 18.6. The Hall–Kier alpha value is -2.56. The van der Waals surface area contributed by atoms with Crippen LogP contribution in [0.15, 0.2) is 28.9 Å². The van der Waals surface area contributed by atoms with Crippen molar-refractivity contribution in [3.8, 4) is 11.8 Å². The average Bonchev–Trinajstić information content (AvgIpc) is 3.27. The lowest BCUT2D eigenvalue weighted by Crippen LogP contribution is -2.39. The van der Waals surface area contributed by atoms with Crippen molar-refractivity contribution in [1.29, 1.82) is 0 Å². The molecule has 1 atom stereocenters. The lowest BCUT2D eigenvalue weighted by atomic mass is 9.90. The number of furan rings is 1. The molecule has 0 saturated carbocycles. The van der Waals surface area contributed by atoms with Gasteiger partial charge in [0.1, 0.15) is 17.5 Å². The summed E-state index contributed by atoms with van der Waals surface area (Å²) in [6.07, 6.45) is 4.26. The number of aryl methyl sites for hydroxylation is 1. The van der Waals surface area contributed by atoms with E-state index in [9.17, 15) is 15.0 Å². The van der Waals surface area contributed by atoms with Crippen LogP contribution in [0, 0.1) is 17.8 Å². The molecule has 3 heterocycles. The number of carbonyl (C=O) groups is 1. The Balaban J connectivity index is 1.59. The Morgan fingerprint density at radius 3 is 2.67 bits per heavy atom. The van der Waals surface area contributed by atoms with E-state index in [1.165, 1.54) is 0 Å². The molecule has 1 unspecified atom stereocenters. The van der Waals surface area contributed by atoms with Gasteiger partial charge in [-0.05, 0) is 50.7 Å². The number of rotatable bonds is 3. The molecule has 1 aliphatic heterocycles. The second kappa shape index (κ2) is 7.59. The summed E-state index contributed by atoms with van der Waals surface area (Å²) in [5.41, 5.74) is -1.12. The van der Waals surface area contributed by atoms with Gasteiger partial charge in [-0.2, -0.15) is 0 Å². The fourth-order valence-corrected chi connectivity index (χ4v) is 3.18. The first-order valence-corrected chi connectivity index (χ1v) is 9.04. The monoisotopic (exact) mass is 371 g/mol. The van der Waals surface area contributed by atoms with Crippen LogP contribution in [0.3, 0.4) is 0 Å². The minimum Gasteiger partial charge on any atom is -0.443 e. The second-order valence-electron chi connectivity index (χ2n) is 7.44. The highest BCUT2D eigenvalue weighted by Crippen LogP contribution is 2.30. The molecule has 1 fully saturated rings. The highest BCUT2D eigenvalue weighted by molar-refractivity contribution is 5.91. The van der Waals surface area contributed by atoms with Crippen molar-refractivity contribution < 1.29 is 19.4 Å². The largest absolute Gasteiger partial charge is 0.443 e. The van der Waals surface area contributed by atoms with Gasteiger partial charge in [0.2, 0.25) is 0 Å². The predicted octanol–water partition coefficient (Wildman–Crippen LogP) is 1.72. The van der Waals surface area contributed by atoms with Crippen LogP contribution in [0.1, 0.15) is 54.9 Å². The van der Waals surface area contributed by atoms with Crippen LogP contribution in [0.2, 0.25) is 0 Å². The van der Waals surface area contributed by atoms with Gasteiger partial charge in [0.05, 0.1) is 0 Å². The third kappa shape index (κ3) is 4.59. The molecule has 0 spiro atoms. The number of piperidine rings is 1. The molecule has 1 amide bonds. The zero-order valence-electron chi connectivity index (χ0n) is 15.8. The van der Waals surface area contributed by atoms with Gasteiger partial charge < -0.3 is 24.1 Å². The lowest BCUT2D eigenvalue weighted by molar-refractivity contribution is 0.0402. The molecule has 3 rings (SSSR count). The number of hydrogen-bond acceptors (Lipinski definition) is 5. The minimum absolute atomic E-state index is 0.0694. The van der Waals surface area contributed by atoms with E-state index in [0.717, 1.165) is 0 Å². The van der Waals surface area contributed by atoms with Crippen LogP contribution >= 0.6 is 0 Å². The van der Waals surface area contributed by atoms with E-state index in [2.05, 4.69) is 16.8 Å². The van der Waals surface area contributed by atoms with Crippen molar-refractivity contribution in [2.24, 2.45) is 13.0 Å². The Morgan fingerprint density at radius 1 is 1.37 bits per heavy atom. The van der Waals surface area contributed by atoms with Crippen LogP contribution in [0.25, 0.3) is 0 Å². The standard InChI is InChI=1S/C20H25N3O4/c1-20(2,26)9-6-15-4-5-16(27-15)19(25)23-11-7-14(8-12-23)17(24)18-21-10-13-22(18)3/h4-5,10,13-14,17,24,26H,7-8,11-12H2,1-3H3. The number of aliphatic hydroxyl groups excluding tert-OH is 1. The lowest BCUT2D eigenvalue weighted by Gasteiger charge is -2.33. The number of nitrogens with zero attached hydrogens (tertiary/aromatic N) is 3. The summed E-state index contributed by atoms with van der Waals surface area (Å²) in [7, 11) is 1.86. The Morgan fingerprint density at radius 2 is 2.07 bits per heavy atom. The first-order chi connectivity index (χ1) is 12.7. The first-order valence-electron chi connectivity index (χ1n) is 9.04. The molecule has 2 N–H and O–H groups in total. The summed E-state index contributed by atoms with van der Waals surface area (Å²) in [6.45, 7) is 4.27. The molecular formula is C20H25N3O4. The number of imidazole rings is 1. The van der Waals surface area contributed by atoms with Gasteiger partial charge in [0.25, 0.3) is 5.91 Å². The molecule has 1 aliphatic rings. The summed E-state index contributed by atoms with van der Waals surface area (Å²) in [6, 6.07) is 3.23. The maximum Gasteiger partial charge on any atom is 0.289 e. The number of hydrogen-bond donors (Lipinski definition) is 2. The van der Waals surface area contributed by atoms with Gasteiger partial charge in [-0.1, -0.05) is 5.92 Å². The molecule has 0 bridgehead atoms. The summed E-state index contributed by atoms with van der Waals surface area (Å²) >= 11 is 0. The first kappa shape index (κ1) is 19.2. The van der Waals surface area contributed by atoms with E-state index in [0.29, 0.717) is 37.5 Å². The fraction of sp³-hybridized carbons (Fsp3) is 0.500. The van der Waals surface area contributed by atoms with Crippen molar-refractivity contribution in [2.45, 2.75) is 38.4 Å². The van der Waals surface area contributed by atoms with Gasteiger partial charge in [-0.25, -0.2) is 4.98 Å². The van der Waals surface area contributed by atoms with Crippen LogP contribution in [0.5, 0.6) is 0 Å². The van der Waals surface area contributed by atoms with Gasteiger partial charge >= 0.3 is 0 Å². The Bertz CT molecular complexity index is 858. The van der Waals surface area contributed by atoms with E-state index in [1.54, 1.807) is 37.1 Å². The number of carbonyl (C=O) groups excluding carboxylic acids is 1. The number of aromatic nitrogens is 2. The highest BCUT2D eigenvalue weighted by Gasteiger charge is 2.31. The van der Waals surface area contributed by atoms with E-state index in [-0.39, 0.29) is 17.6 Å². The molecule has 7 heteroatoms. The average molecular weight is 371 g/mol. The molecule has 0 radical (unpaired) electrons. The molecule has 7 nitrogen and oxygen atoms in total. The van der Waals surface area contributed by atoms with E-state index >= 15 is 0 Å². The van der Waals surface area contributed by atoms with Crippen molar-refractivity contribution in [3.05, 3.63) is 41.9 Å². The number of aliphatic hydroxyl groups is 2. The van der Waals surface area contributed by atoms with Crippen molar-refractivity contribution in [3.63, 3.8) is 0 Å². The zero-order valence-corrected chi connectivity index (χ0v) is 15.8. The highest BCUT2D eigenvalue weighted by atomic mass is 16.4. The molecule has 0 aliphatic carbocycles. The molecule has 2 aromatic heterocycles. The summed E-state index contributed by atoms with van der Waals surface area (Å²) in [5, 5.41) is 20.2. The SMILES string of the molecule is Cn1ccnc1C(O)C1CCN(C(=O)c2ccc(C#CC(C)(C)O)o2)CC1.